The number of hydrogen-bond donors (Lipinski definition) is 0. The van der Waals surface area contributed by atoms with E-state index in [1.807, 2.05) is 31.2 Å². The van der Waals surface area contributed by atoms with Crippen LogP contribution in [0.25, 0.3) is 6.08 Å². The molecule has 0 bridgehead atoms. The van der Waals surface area contributed by atoms with Crippen LogP contribution in [-0.4, -0.2) is 13.0 Å². The van der Waals surface area contributed by atoms with E-state index in [2.05, 4.69) is 11.7 Å². The van der Waals surface area contributed by atoms with Gasteiger partial charge in [0, 0.05) is 0 Å². The summed E-state index contributed by atoms with van der Waals surface area (Å²) in [5.41, 5.74) is 2.47. The van der Waals surface area contributed by atoms with Crippen molar-refractivity contribution >= 4 is 19.1 Å². The Balaban J connectivity index is 3.09. The molecule has 0 saturated heterocycles. The second-order valence-corrected chi connectivity index (χ2v) is 2.70. The van der Waals surface area contributed by atoms with Gasteiger partial charge in [-0.2, -0.15) is 0 Å². The smallest absolute Gasteiger partial charge is 0.168 e. The second kappa shape index (κ2) is 4.36. The van der Waals surface area contributed by atoms with E-state index in [9.17, 15) is 4.79 Å². The molecule has 13 heavy (non-hydrogen) atoms. The van der Waals surface area contributed by atoms with Crippen LogP contribution in [0.4, 0.5) is 0 Å². The normalized spacial score (nSPS) is 11.0. The van der Waals surface area contributed by atoms with Crippen molar-refractivity contribution in [3.63, 3.8) is 0 Å². The van der Waals surface area contributed by atoms with Crippen molar-refractivity contribution in [3.8, 4) is 0 Å². The molecule has 1 aromatic carbocycles. The zero-order chi connectivity index (χ0) is 9.68. The van der Waals surface area contributed by atoms with Crippen molar-refractivity contribution in [3.05, 3.63) is 41.1 Å². The summed E-state index contributed by atoms with van der Waals surface area (Å²) in [6.07, 6.45) is 2.41. The summed E-state index contributed by atoms with van der Waals surface area (Å²) in [7, 11) is 0. The van der Waals surface area contributed by atoms with E-state index in [-0.39, 0.29) is 0 Å². The van der Waals surface area contributed by atoms with Crippen LogP contribution in [0.1, 0.15) is 11.1 Å². The molecular formula is C11H11NO. The molecule has 2 nitrogen and oxygen atoms in total. The maximum atomic E-state index is 10.4. The second-order valence-electron chi connectivity index (χ2n) is 2.70. The lowest BCUT2D eigenvalue weighted by molar-refractivity contribution is -0.104. The third kappa shape index (κ3) is 2.37. The highest BCUT2D eigenvalue weighted by molar-refractivity contribution is 5.82. The number of allylic oxidation sites excluding steroid dienone is 1. The average Bonchev–Trinajstić information content (AvgIpc) is 2.17. The van der Waals surface area contributed by atoms with Crippen molar-refractivity contribution in [1.29, 1.82) is 0 Å². The van der Waals surface area contributed by atoms with Gasteiger partial charge in [0.05, 0.1) is 0 Å². The van der Waals surface area contributed by atoms with Crippen LogP contribution in [-0.2, 0) is 4.79 Å². The zero-order valence-corrected chi connectivity index (χ0v) is 7.53. The Kier molecular flexibility index (Phi) is 3.15. The topological polar surface area (TPSA) is 29.4 Å². The molecule has 0 unspecified atom stereocenters. The van der Waals surface area contributed by atoms with Crippen LogP contribution < -0.4 is 0 Å². The van der Waals surface area contributed by atoms with Crippen LogP contribution in [0.5, 0.6) is 0 Å². The fraction of sp³-hybridized carbons (Fsp3) is 0.0909. The highest BCUT2D eigenvalue weighted by Gasteiger charge is 1.94. The quantitative estimate of drug-likeness (QED) is 0.391. The van der Waals surface area contributed by atoms with Gasteiger partial charge in [-0.05, 0) is 30.8 Å². The third-order valence-electron chi connectivity index (χ3n) is 1.80. The van der Waals surface area contributed by atoms with Crippen LogP contribution in [0.3, 0.4) is 0 Å². The first-order valence-electron chi connectivity index (χ1n) is 3.97. The predicted molar refractivity (Wildman–Crippen MR) is 54.8 cm³/mol. The third-order valence-corrected chi connectivity index (χ3v) is 1.80. The highest BCUT2D eigenvalue weighted by Crippen LogP contribution is 2.11. The van der Waals surface area contributed by atoms with E-state index in [1.54, 1.807) is 6.08 Å². The molecule has 0 aromatic heterocycles. The molecule has 0 saturated carbocycles. The summed E-state index contributed by atoms with van der Waals surface area (Å²) in [6, 6.07) is 7.79. The van der Waals surface area contributed by atoms with Gasteiger partial charge >= 0.3 is 0 Å². The Hall–Kier alpha value is -1.70. The molecule has 1 aromatic rings. The zero-order valence-electron chi connectivity index (χ0n) is 7.53. The molecule has 0 heterocycles. The van der Waals surface area contributed by atoms with Crippen molar-refractivity contribution < 1.29 is 4.79 Å². The lowest BCUT2D eigenvalue weighted by Crippen LogP contribution is -1.83. The summed E-state index contributed by atoms with van der Waals surface area (Å²) >= 11 is 0. The molecule has 0 aliphatic rings. The lowest BCUT2D eigenvalue weighted by Gasteiger charge is -1.98. The van der Waals surface area contributed by atoms with Crippen LogP contribution in [0.15, 0.2) is 35.0 Å². The molecule has 66 valence electrons. The Morgan fingerprint density at radius 3 is 2.69 bits per heavy atom. The van der Waals surface area contributed by atoms with Gasteiger partial charge in [0.25, 0.3) is 0 Å². The number of benzene rings is 1. The monoisotopic (exact) mass is 173 g/mol. The number of hydrogen-bond acceptors (Lipinski definition) is 2. The van der Waals surface area contributed by atoms with Gasteiger partial charge in [-0.15, -0.1) is 0 Å². The SMILES string of the molecule is C=N/C(C=O)=C\c1ccccc1C. The molecule has 1 rings (SSSR count). The van der Waals surface area contributed by atoms with Crippen LogP contribution in [0, 0.1) is 6.92 Å². The van der Waals surface area contributed by atoms with Gasteiger partial charge in [0.2, 0.25) is 0 Å². The fourth-order valence-corrected chi connectivity index (χ4v) is 1.02. The summed E-state index contributed by atoms with van der Waals surface area (Å²) < 4.78 is 0. The molecule has 0 aliphatic carbocycles. The maximum Gasteiger partial charge on any atom is 0.168 e. The van der Waals surface area contributed by atoms with Crippen molar-refractivity contribution in [2.24, 2.45) is 4.99 Å². The summed E-state index contributed by atoms with van der Waals surface area (Å²) in [4.78, 5) is 14.0. The minimum Gasteiger partial charge on any atom is -0.296 e. The van der Waals surface area contributed by atoms with Crippen molar-refractivity contribution in [2.75, 3.05) is 0 Å². The minimum atomic E-state index is 0.356. The summed E-state index contributed by atoms with van der Waals surface area (Å²) in [5, 5.41) is 0. The fourth-order valence-electron chi connectivity index (χ4n) is 1.02. The van der Waals surface area contributed by atoms with E-state index >= 15 is 0 Å². The largest absolute Gasteiger partial charge is 0.296 e. The number of carbonyl (C=O) groups is 1. The molecule has 0 radical (unpaired) electrons. The number of aldehydes is 1. The lowest BCUT2D eigenvalue weighted by atomic mass is 10.1. The predicted octanol–water partition coefficient (Wildman–Crippen LogP) is 2.24. The van der Waals surface area contributed by atoms with Gasteiger partial charge in [-0.1, -0.05) is 24.3 Å². The minimum absolute atomic E-state index is 0.356. The number of aliphatic imine (C=N–C) groups is 1. The number of rotatable bonds is 3. The van der Waals surface area contributed by atoms with Crippen molar-refractivity contribution in [2.45, 2.75) is 6.92 Å². The van der Waals surface area contributed by atoms with Gasteiger partial charge in [-0.3, -0.25) is 9.79 Å². The average molecular weight is 173 g/mol. The Morgan fingerprint density at radius 2 is 2.15 bits per heavy atom. The Bertz CT molecular complexity index is 343. The Morgan fingerprint density at radius 1 is 1.46 bits per heavy atom. The van der Waals surface area contributed by atoms with E-state index in [4.69, 9.17) is 0 Å². The molecule has 2 heteroatoms. The van der Waals surface area contributed by atoms with Gasteiger partial charge in [0.15, 0.2) is 6.29 Å². The molecule has 0 N–H and O–H groups in total. The van der Waals surface area contributed by atoms with E-state index < -0.39 is 0 Å². The molecule has 0 spiro atoms. The molecular weight excluding hydrogens is 162 g/mol. The van der Waals surface area contributed by atoms with E-state index in [0.29, 0.717) is 12.0 Å². The van der Waals surface area contributed by atoms with Gasteiger partial charge in [0.1, 0.15) is 5.70 Å². The molecule has 0 fully saturated rings. The van der Waals surface area contributed by atoms with Crippen molar-refractivity contribution in [1.82, 2.24) is 0 Å². The molecule has 0 amide bonds. The summed E-state index contributed by atoms with van der Waals surface area (Å²) in [5.74, 6) is 0. The standard InChI is InChI=1S/C11H11NO/c1-9-5-3-4-6-10(9)7-11(8-13)12-2/h3-8H,2H2,1H3/b11-7-. The number of carbonyl (C=O) groups excluding carboxylic acids is 1. The maximum absolute atomic E-state index is 10.4. The number of nitrogens with zero attached hydrogens (tertiary/aromatic N) is 1. The molecule has 0 aliphatic heterocycles. The van der Waals surface area contributed by atoms with Gasteiger partial charge in [-0.25, -0.2) is 0 Å². The first-order chi connectivity index (χ1) is 6.27. The van der Waals surface area contributed by atoms with E-state index in [0.717, 1.165) is 11.1 Å². The first kappa shape index (κ1) is 9.39. The van der Waals surface area contributed by atoms with Gasteiger partial charge < -0.3 is 0 Å². The summed E-state index contributed by atoms with van der Waals surface area (Å²) in [6.45, 7) is 5.29. The van der Waals surface area contributed by atoms with Crippen LogP contribution in [0.2, 0.25) is 0 Å². The molecule has 0 atom stereocenters. The number of aryl methyl sites for hydroxylation is 1. The Labute approximate surface area is 77.6 Å². The van der Waals surface area contributed by atoms with E-state index in [1.165, 1.54) is 0 Å². The highest BCUT2D eigenvalue weighted by atomic mass is 16.1. The van der Waals surface area contributed by atoms with Crippen LogP contribution >= 0.6 is 0 Å². The first-order valence-corrected chi connectivity index (χ1v) is 3.97.